The van der Waals surface area contributed by atoms with Gasteiger partial charge < -0.3 is 4.74 Å². The van der Waals surface area contributed by atoms with Crippen LogP contribution in [-0.4, -0.2) is 22.8 Å². The van der Waals surface area contributed by atoms with Crippen LogP contribution in [0.4, 0.5) is 10.8 Å². The van der Waals surface area contributed by atoms with Crippen LogP contribution in [0.15, 0.2) is 63.0 Å². The zero-order valence-corrected chi connectivity index (χ0v) is 19.5. The molecule has 31 heavy (non-hydrogen) atoms. The van der Waals surface area contributed by atoms with Crippen molar-refractivity contribution in [1.82, 2.24) is 4.98 Å². The van der Waals surface area contributed by atoms with Gasteiger partial charge in [-0.2, -0.15) is 0 Å². The van der Waals surface area contributed by atoms with Crippen LogP contribution in [0.5, 0.6) is 0 Å². The number of cyclic esters (lactones) is 1. The van der Waals surface area contributed by atoms with E-state index in [4.69, 9.17) is 4.74 Å². The Morgan fingerprint density at radius 1 is 1.16 bits per heavy atom. The van der Waals surface area contributed by atoms with Gasteiger partial charge >= 0.3 is 5.97 Å². The highest BCUT2D eigenvalue weighted by Crippen LogP contribution is 2.31. The highest BCUT2D eigenvalue weighted by atomic mass is 79.9. The van der Waals surface area contributed by atoms with E-state index in [1.165, 1.54) is 18.3 Å². The molecule has 0 bridgehead atoms. The number of aromatic nitrogens is 1. The minimum absolute atomic E-state index is 0.147. The average Bonchev–Trinajstić information content (AvgIpc) is 3.32. The molecule has 3 aromatic rings. The van der Waals surface area contributed by atoms with E-state index in [9.17, 15) is 9.59 Å². The van der Waals surface area contributed by atoms with Crippen molar-refractivity contribution < 1.29 is 14.3 Å². The Morgan fingerprint density at radius 2 is 1.94 bits per heavy atom. The summed E-state index contributed by atoms with van der Waals surface area (Å²) < 4.78 is 6.10. The molecule has 0 unspecified atom stereocenters. The van der Waals surface area contributed by atoms with Crippen LogP contribution in [0, 0.1) is 13.8 Å². The lowest BCUT2D eigenvalue weighted by Gasteiger charge is -2.19. The molecule has 1 amide bonds. The molecule has 1 aliphatic rings. The van der Waals surface area contributed by atoms with Crippen molar-refractivity contribution >= 4 is 61.9 Å². The number of benzene rings is 2. The van der Waals surface area contributed by atoms with Crippen molar-refractivity contribution in [2.24, 2.45) is 4.99 Å². The van der Waals surface area contributed by atoms with Crippen molar-refractivity contribution in [2.45, 2.75) is 20.8 Å². The van der Waals surface area contributed by atoms with Crippen molar-refractivity contribution in [2.75, 3.05) is 4.90 Å². The standard InChI is InChI=1S/C23H18BrN3O3S/c1-13-8-9-17(10-14(13)2)27(15(3)28)23-25-16(12-31-23)11-20-22(29)30-21(26-20)18-6-4-5-7-19(18)24/h4-12H,1-3H3. The Bertz CT molecular complexity index is 1260. The zero-order chi connectivity index (χ0) is 22.1. The normalized spacial score (nSPS) is 14.5. The predicted octanol–water partition coefficient (Wildman–Crippen LogP) is 5.55. The molecule has 0 atom stereocenters. The molecule has 4 rings (SSSR count). The van der Waals surface area contributed by atoms with E-state index in [1.807, 2.05) is 56.3 Å². The number of nitrogens with zero attached hydrogens (tertiary/aromatic N) is 3. The molecule has 0 saturated heterocycles. The molecule has 0 radical (unpaired) electrons. The summed E-state index contributed by atoms with van der Waals surface area (Å²) in [5, 5.41) is 2.29. The fourth-order valence-electron chi connectivity index (χ4n) is 3.04. The van der Waals surface area contributed by atoms with E-state index in [-0.39, 0.29) is 17.5 Å². The molecular weight excluding hydrogens is 478 g/mol. The Kier molecular flexibility index (Phi) is 5.84. The van der Waals surface area contributed by atoms with E-state index in [2.05, 4.69) is 25.9 Å². The number of amides is 1. The van der Waals surface area contributed by atoms with Crippen LogP contribution in [0.25, 0.3) is 6.08 Å². The summed E-state index contributed by atoms with van der Waals surface area (Å²) in [6, 6.07) is 13.2. The van der Waals surface area contributed by atoms with Crippen LogP contribution in [-0.2, 0) is 14.3 Å². The molecule has 2 aromatic carbocycles. The lowest BCUT2D eigenvalue weighted by Crippen LogP contribution is -2.22. The number of thiazole rings is 1. The van der Waals surface area contributed by atoms with E-state index >= 15 is 0 Å². The zero-order valence-electron chi connectivity index (χ0n) is 17.0. The molecule has 2 heterocycles. The Balaban J connectivity index is 1.65. The van der Waals surface area contributed by atoms with Gasteiger partial charge in [-0.05, 0) is 71.2 Å². The maximum atomic E-state index is 12.4. The summed E-state index contributed by atoms with van der Waals surface area (Å²) in [6.45, 7) is 5.52. The van der Waals surface area contributed by atoms with Gasteiger partial charge in [-0.3, -0.25) is 9.69 Å². The third-order valence-electron chi connectivity index (χ3n) is 4.77. The first-order valence-electron chi connectivity index (χ1n) is 9.44. The van der Waals surface area contributed by atoms with Gasteiger partial charge in [-0.15, -0.1) is 11.3 Å². The van der Waals surface area contributed by atoms with E-state index in [0.29, 0.717) is 16.4 Å². The smallest absolute Gasteiger partial charge is 0.363 e. The van der Waals surface area contributed by atoms with Gasteiger partial charge in [0, 0.05) is 16.8 Å². The number of rotatable bonds is 4. The molecule has 0 saturated carbocycles. The van der Waals surface area contributed by atoms with Crippen molar-refractivity contribution in [3.63, 3.8) is 0 Å². The van der Waals surface area contributed by atoms with Gasteiger partial charge in [-0.1, -0.05) is 18.2 Å². The first kappa shape index (κ1) is 21.1. The number of carbonyl (C=O) groups excluding carboxylic acids is 2. The monoisotopic (exact) mass is 495 g/mol. The summed E-state index contributed by atoms with van der Waals surface area (Å²) in [4.78, 5) is 35.1. The molecule has 0 fully saturated rings. The lowest BCUT2D eigenvalue weighted by molar-refractivity contribution is -0.130. The number of ether oxygens (including phenoxy) is 1. The second-order valence-corrected chi connectivity index (χ2v) is 8.68. The maximum Gasteiger partial charge on any atom is 0.363 e. The highest BCUT2D eigenvalue weighted by Gasteiger charge is 2.26. The number of anilines is 2. The Morgan fingerprint density at radius 3 is 2.65 bits per heavy atom. The largest absolute Gasteiger partial charge is 0.402 e. The molecule has 1 aromatic heterocycles. The van der Waals surface area contributed by atoms with Gasteiger partial charge in [0.15, 0.2) is 10.8 Å². The number of aliphatic imine (C=N–C) groups is 1. The van der Waals surface area contributed by atoms with Gasteiger partial charge in [0.1, 0.15) is 0 Å². The second-order valence-electron chi connectivity index (χ2n) is 6.99. The van der Waals surface area contributed by atoms with Gasteiger partial charge in [0.2, 0.25) is 11.8 Å². The first-order valence-corrected chi connectivity index (χ1v) is 11.1. The van der Waals surface area contributed by atoms with Gasteiger partial charge in [0.05, 0.1) is 16.9 Å². The van der Waals surface area contributed by atoms with Crippen molar-refractivity contribution in [3.8, 4) is 0 Å². The number of aryl methyl sites for hydroxylation is 2. The molecule has 0 N–H and O–H groups in total. The van der Waals surface area contributed by atoms with Crippen molar-refractivity contribution in [1.29, 1.82) is 0 Å². The maximum absolute atomic E-state index is 12.4. The SMILES string of the molecule is CC(=O)N(c1ccc(C)c(C)c1)c1nc(C=C2N=C(c3ccccc3Br)OC2=O)cs1. The van der Waals surface area contributed by atoms with Crippen LogP contribution in [0.3, 0.4) is 0 Å². The minimum Gasteiger partial charge on any atom is -0.402 e. The number of hydrogen-bond acceptors (Lipinski definition) is 6. The molecule has 8 heteroatoms. The van der Waals surface area contributed by atoms with Crippen LogP contribution >= 0.6 is 27.3 Å². The lowest BCUT2D eigenvalue weighted by atomic mass is 10.1. The summed E-state index contributed by atoms with van der Waals surface area (Å²) >= 11 is 4.75. The predicted molar refractivity (Wildman–Crippen MR) is 126 cm³/mol. The second kappa shape index (κ2) is 8.56. The molecule has 0 spiro atoms. The summed E-state index contributed by atoms with van der Waals surface area (Å²) in [5.41, 5.74) is 4.36. The van der Waals surface area contributed by atoms with Gasteiger partial charge in [0.25, 0.3) is 0 Å². The highest BCUT2D eigenvalue weighted by molar-refractivity contribution is 9.10. The van der Waals surface area contributed by atoms with Crippen LogP contribution in [0.2, 0.25) is 0 Å². The number of halogens is 1. The van der Waals surface area contributed by atoms with Gasteiger partial charge in [-0.25, -0.2) is 14.8 Å². The van der Waals surface area contributed by atoms with Crippen LogP contribution < -0.4 is 4.90 Å². The Hall–Kier alpha value is -3.10. The summed E-state index contributed by atoms with van der Waals surface area (Å²) in [6.07, 6.45) is 1.56. The molecule has 156 valence electrons. The van der Waals surface area contributed by atoms with E-state index < -0.39 is 5.97 Å². The number of esters is 1. The summed E-state index contributed by atoms with van der Waals surface area (Å²) in [7, 11) is 0. The van der Waals surface area contributed by atoms with Crippen molar-refractivity contribution in [3.05, 3.63) is 80.4 Å². The van der Waals surface area contributed by atoms with Crippen LogP contribution in [0.1, 0.15) is 29.3 Å². The Labute approximate surface area is 192 Å². The topological polar surface area (TPSA) is 71.9 Å². The van der Waals surface area contributed by atoms with E-state index in [1.54, 1.807) is 16.4 Å². The molecule has 6 nitrogen and oxygen atoms in total. The summed E-state index contributed by atoms with van der Waals surface area (Å²) in [5.74, 6) is -0.455. The third kappa shape index (κ3) is 4.35. The number of carbonyl (C=O) groups is 2. The quantitative estimate of drug-likeness (QED) is 0.351. The minimum atomic E-state index is -0.544. The van der Waals surface area contributed by atoms with E-state index in [0.717, 1.165) is 21.3 Å². The average molecular weight is 496 g/mol. The molecule has 1 aliphatic heterocycles. The first-order chi connectivity index (χ1) is 14.8. The third-order valence-corrected chi connectivity index (χ3v) is 6.31. The number of hydrogen-bond donors (Lipinski definition) is 0. The molecular formula is C23H18BrN3O3S. The fourth-order valence-corrected chi connectivity index (χ4v) is 4.33. The molecule has 0 aliphatic carbocycles. The fraction of sp³-hybridized carbons (Fsp3) is 0.130.